The third-order valence-electron chi connectivity index (χ3n) is 5.65. The molecule has 0 aliphatic heterocycles. The highest BCUT2D eigenvalue weighted by Crippen LogP contribution is 2.17. The minimum Gasteiger partial charge on any atom is -0.467 e. The summed E-state index contributed by atoms with van der Waals surface area (Å²) in [6.07, 6.45) is 2.09. The summed E-state index contributed by atoms with van der Waals surface area (Å²) in [5.41, 5.74) is 1.66. The van der Waals surface area contributed by atoms with Crippen molar-refractivity contribution in [1.29, 1.82) is 0 Å². The van der Waals surface area contributed by atoms with Crippen LogP contribution in [-0.2, 0) is 39.1 Å². The highest BCUT2D eigenvalue weighted by molar-refractivity contribution is 7.89. The Balaban J connectivity index is 1.69. The van der Waals surface area contributed by atoms with Crippen LogP contribution >= 0.6 is 11.6 Å². The number of furan rings is 1. The van der Waals surface area contributed by atoms with Gasteiger partial charge in [-0.3, -0.25) is 9.59 Å². The summed E-state index contributed by atoms with van der Waals surface area (Å²) >= 11 is 5.99. The number of aryl methyl sites for hydroxylation is 1. The van der Waals surface area contributed by atoms with Gasteiger partial charge in [-0.2, -0.15) is 0 Å². The molecule has 0 spiro atoms. The molecule has 2 aromatic carbocycles. The molecule has 0 unspecified atom stereocenters. The van der Waals surface area contributed by atoms with Crippen LogP contribution in [0.2, 0.25) is 5.02 Å². The number of carbonyl (C=O) groups is 2. The second kappa shape index (κ2) is 12.7. The molecule has 1 aromatic heterocycles. The number of amides is 2. The van der Waals surface area contributed by atoms with Crippen LogP contribution in [0.5, 0.6) is 0 Å². The number of nitrogens with zero attached hydrogens (tertiary/aromatic N) is 1. The highest BCUT2D eigenvalue weighted by atomic mass is 35.5. The van der Waals surface area contributed by atoms with Crippen molar-refractivity contribution in [1.82, 2.24) is 14.9 Å². The molecule has 0 aliphatic carbocycles. The third-order valence-corrected chi connectivity index (χ3v) is 7.46. The molecule has 8 nitrogen and oxygen atoms in total. The molecule has 2 N–H and O–H groups in total. The fourth-order valence-electron chi connectivity index (χ4n) is 3.61. The Hall–Kier alpha value is -3.14. The van der Waals surface area contributed by atoms with Crippen molar-refractivity contribution in [2.24, 2.45) is 0 Å². The smallest absolute Gasteiger partial charge is 0.242 e. The minimum atomic E-state index is -3.54. The zero-order valence-corrected chi connectivity index (χ0v) is 21.8. The van der Waals surface area contributed by atoms with Gasteiger partial charge in [-0.15, -0.1) is 0 Å². The summed E-state index contributed by atoms with van der Waals surface area (Å²) in [5.74, 6) is 0.118. The Morgan fingerprint density at radius 3 is 2.31 bits per heavy atom. The molecule has 0 aliphatic rings. The topological polar surface area (TPSA) is 109 Å². The molecule has 10 heteroatoms. The molecular formula is C26H30ClN3O5S. The maximum atomic E-state index is 13.3. The summed E-state index contributed by atoms with van der Waals surface area (Å²) < 4.78 is 32.0. The van der Waals surface area contributed by atoms with E-state index in [1.807, 2.05) is 12.1 Å². The first-order valence-electron chi connectivity index (χ1n) is 11.6. The predicted octanol–water partition coefficient (Wildman–Crippen LogP) is 3.90. The molecule has 0 bridgehead atoms. The van der Waals surface area contributed by atoms with Crippen LogP contribution in [0.1, 0.15) is 37.2 Å². The molecule has 3 aromatic rings. The number of carbonyl (C=O) groups excluding carboxylic acids is 2. The Bertz CT molecular complexity index is 1240. The maximum Gasteiger partial charge on any atom is 0.242 e. The molecule has 1 heterocycles. The van der Waals surface area contributed by atoms with Gasteiger partial charge in [0.05, 0.1) is 17.7 Å². The van der Waals surface area contributed by atoms with E-state index in [1.165, 1.54) is 23.3 Å². The van der Waals surface area contributed by atoms with Crippen LogP contribution in [0.3, 0.4) is 0 Å². The lowest BCUT2D eigenvalue weighted by Gasteiger charge is -2.29. The van der Waals surface area contributed by atoms with Gasteiger partial charge in [-0.05, 0) is 60.9 Å². The van der Waals surface area contributed by atoms with Crippen LogP contribution in [0, 0.1) is 0 Å². The first kappa shape index (κ1) is 27.4. The zero-order chi connectivity index (χ0) is 26.1. The molecule has 2 amide bonds. The summed E-state index contributed by atoms with van der Waals surface area (Å²) in [5, 5.41) is 3.39. The Morgan fingerprint density at radius 2 is 1.69 bits per heavy atom. The van der Waals surface area contributed by atoms with Crippen molar-refractivity contribution in [3.05, 3.63) is 88.8 Å². The lowest BCUT2D eigenvalue weighted by atomic mass is 10.1. The largest absolute Gasteiger partial charge is 0.467 e. The van der Waals surface area contributed by atoms with E-state index in [0.717, 1.165) is 11.1 Å². The molecule has 0 fully saturated rings. The molecule has 1 atom stereocenters. The highest BCUT2D eigenvalue weighted by Gasteiger charge is 2.26. The second-order valence-corrected chi connectivity index (χ2v) is 10.5. The average Bonchev–Trinajstić information content (AvgIpc) is 3.39. The number of halogens is 1. The predicted molar refractivity (Wildman–Crippen MR) is 138 cm³/mol. The van der Waals surface area contributed by atoms with Crippen LogP contribution in [0.25, 0.3) is 0 Å². The minimum absolute atomic E-state index is 0.155. The van der Waals surface area contributed by atoms with Crippen molar-refractivity contribution >= 4 is 33.4 Å². The van der Waals surface area contributed by atoms with E-state index < -0.39 is 16.1 Å². The molecule has 36 heavy (non-hydrogen) atoms. The number of sulfonamides is 1. The first-order chi connectivity index (χ1) is 17.2. The van der Waals surface area contributed by atoms with Gasteiger partial charge in [0.15, 0.2) is 0 Å². The Labute approximate surface area is 216 Å². The molecule has 0 saturated heterocycles. The van der Waals surface area contributed by atoms with E-state index in [2.05, 4.69) is 10.0 Å². The summed E-state index contributed by atoms with van der Waals surface area (Å²) in [4.78, 5) is 27.8. The summed E-state index contributed by atoms with van der Waals surface area (Å²) in [7, 11) is -3.54. The Morgan fingerprint density at radius 1 is 1.03 bits per heavy atom. The second-order valence-electron chi connectivity index (χ2n) is 8.27. The molecule has 0 radical (unpaired) electrons. The van der Waals surface area contributed by atoms with E-state index in [1.54, 1.807) is 50.2 Å². The first-order valence-corrected chi connectivity index (χ1v) is 13.5. The number of nitrogens with one attached hydrogen (secondary N) is 2. The van der Waals surface area contributed by atoms with Gasteiger partial charge in [-0.1, -0.05) is 42.8 Å². The van der Waals surface area contributed by atoms with Crippen molar-refractivity contribution in [3.8, 4) is 0 Å². The van der Waals surface area contributed by atoms with Crippen LogP contribution < -0.4 is 10.0 Å². The summed E-state index contributed by atoms with van der Waals surface area (Å²) in [6.45, 7) is 4.17. The number of hydrogen-bond acceptors (Lipinski definition) is 5. The van der Waals surface area contributed by atoms with Gasteiger partial charge in [-0.25, -0.2) is 13.1 Å². The van der Waals surface area contributed by atoms with Gasteiger partial charge < -0.3 is 14.6 Å². The summed E-state index contributed by atoms with van der Waals surface area (Å²) in [6, 6.07) is 16.3. The van der Waals surface area contributed by atoms with E-state index in [0.29, 0.717) is 23.7 Å². The standard InChI is InChI=1S/C26H30ClN3O5S/c1-3-29-36(33,34)24-13-8-20(9-14-24)10-15-25(31)30(18-21-6-11-22(27)12-7-21)19(2)26(32)28-17-23-5-4-16-35-23/h4-9,11-14,16,19,29H,3,10,15,17-18H2,1-2H3,(H,28,32)/t19-/m0/s1. The molecular weight excluding hydrogens is 502 g/mol. The van der Waals surface area contributed by atoms with Gasteiger partial charge in [0.2, 0.25) is 21.8 Å². The van der Waals surface area contributed by atoms with Crippen molar-refractivity contribution < 1.29 is 22.4 Å². The number of benzene rings is 2. The van der Waals surface area contributed by atoms with Gasteiger partial charge in [0, 0.05) is 24.5 Å². The average molecular weight is 532 g/mol. The van der Waals surface area contributed by atoms with Gasteiger partial charge in [0.25, 0.3) is 0 Å². The normalized spacial score (nSPS) is 12.2. The Kier molecular flexibility index (Phi) is 9.69. The lowest BCUT2D eigenvalue weighted by Crippen LogP contribution is -2.47. The van der Waals surface area contributed by atoms with Crippen molar-refractivity contribution in [3.63, 3.8) is 0 Å². The molecule has 3 rings (SSSR count). The van der Waals surface area contributed by atoms with Crippen molar-refractivity contribution in [2.75, 3.05) is 6.54 Å². The van der Waals surface area contributed by atoms with E-state index in [-0.39, 0.29) is 36.2 Å². The quantitative estimate of drug-likeness (QED) is 0.368. The monoisotopic (exact) mass is 531 g/mol. The van der Waals surface area contributed by atoms with E-state index in [4.69, 9.17) is 16.0 Å². The molecule has 0 saturated carbocycles. The van der Waals surface area contributed by atoms with E-state index >= 15 is 0 Å². The van der Waals surface area contributed by atoms with Gasteiger partial charge in [0.1, 0.15) is 11.8 Å². The van der Waals surface area contributed by atoms with Crippen molar-refractivity contribution in [2.45, 2.75) is 50.7 Å². The number of hydrogen-bond donors (Lipinski definition) is 2. The van der Waals surface area contributed by atoms with Crippen LogP contribution in [-0.4, -0.2) is 37.7 Å². The van der Waals surface area contributed by atoms with Crippen LogP contribution in [0.4, 0.5) is 0 Å². The lowest BCUT2D eigenvalue weighted by molar-refractivity contribution is -0.140. The third kappa shape index (κ3) is 7.68. The fraction of sp³-hybridized carbons (Fsp3) is 0.308. The van der Waals surface area contributed by atoms with Gasteiger partial charge >= 0.3 is 0 Å². The van der Waals surface area contributed by atoms with E-state index in [9.17, 15) is 18.0 Å². The van der Waals surface area contributed by atoms with Crippen LogP contribution in [0.15, 0.2) is 76.2 Å². The zero-order valence-electron chi connectivity index (χ0n) is 20.2. The SMILES string of the molecule is CCNS(=O)(=O)c1ccc(CCC(=O)N(Cc2ccc(Cl)cc2)[C@@H](C)C(=O)NCc2ccco2)cc1. The molecule has 192 valence electrons. The maximum absolute atomic E-state index is 13.3. The fourth-order valence-corrected chi connectivity index (χ4v) is 4.77. The number of rotatable bonds is 12.